The predicted octanol–water partition coefficient (Wildman–Crippen LogP) is 2.80. The average Bonchev–Trinajstić information content (AvgIpc) is 1.61. The second kappa shape index (κ2) is 15.8. The van der Waals surface area contributed by atoms with E-state index in [2.05, 4.69) is 11.9 Å². The molecule has 0 spiro atoms. The Hall–Kier alpha value is 1.38. The zero-order valence-electron chi connectivity index (χ0n) is 5.44. The molecule has 3 heteroatoms. The van der Waals surface area contributed by atoms with E-state index in [9.17, 15) is 0 Å². The van der Waals surface area contributed by atoms with Crippen molar-refractivity contribution in [2.24, 2.45) is 0 Å². The Bertz CT molecular complexity index is 22.4. The fraction of sp³-hybridized carbons (Fsp3) is 1.00. The van der Waals surface area contributed by atoms with Gasteiger partial charge in [-0.05, 0) is 0 Å². The van der Waals surface area contributed by atoms with Gasteiger partial charge < -0.3 is 0 Å². The molecular formula is C5H14Cl2Sn. The maximum Gasteiger partial charge on any atom is -0.147 e. The van der Waals surface area contributed by atoms with Gasteiger partial charge in [-0.2, -0.15) is 0 Å². The number of rotatable bonds is 3. The van der Waals surface area contributed by atoms with Gasteiger partial charge in [-0.15, -0.1) is 24.8 Å². The van der Waals surface area contributed by atoms with E-state index < -0.39 is 0 Å². The van der Waals surface area contributed by atoms with Gasteiger partial charge in [-0.1, -0.05) is 0 Å². The van der Waals surface area contributed by atoms with Crippen molar-refractivity contribution in [2.75, 3.05) is 0 Å². The van der Waals surface area contributed by atoms with E-state index in [1.54, 1.807) is 4.44 Å². The minimum Gasteiger partial charge on any atom is -0.147 e. The first-order chi connectivity index (χ1) is 2.91. The van der Waals surface area contributed by atoms with E-state index in [-0.39, 0.29) is 46.0 Å². The summed E-state index contributed by atoms with van der Waals surface area (Å²) in [6.07, 6.45) is 2.89. The second-order valence-corrected chi connectivity index (χ2v) is 4.90. The Kier molecular flexibility index (Phi) is 31.9. The molecule has 0 aliphatic rings. The summed E-state index contributed by atoms with van der Waals surface area (Å²) in [5.74, 6) is 0. The van der Waals surface area contributed by atoms with Crippen molar-refractivity contribution in [1.29, 1.82) is 0 Å². The molecule has 0 heterocycles. The summed E-state index contributed by atoms with van der Waals surface area (Å²) in [6.45, 7) is 2.26. The van der Waals surface area contributed by atoms with Crippen LogP contribution in [-0.4, -0.2) is 21.1 Å². The SMILES string of the molecule is CCC[CH2][Sn][CH3].Cl.Cl. The molecule has 8 heavy (non-hydrogen) atoms. The minimum absolute atomic E-state index is 0. The van der Waals surface area contributed by atoms with Crippen molar-refractivity contribution >= 4 is 46.0 Å². The molecule has 0 amide bonds. The molecule has 0 fully saturated rings. The van der Waals surface area contributed by atoms with Crippen molar-refractivity contribution < 1.29 is 0 Å². The monoisotopic (exact) mass is 264 g/mol. The van der Waals surface area contributed by atoms with Gasteiger partial charge in [0, 0.05) is 0 Å². The molecule has 0 aliphatic heterocycles. The van der Waals surface area contributed by atoms with E-state index in [0.29, 0.717) is 0 Å². The van der Waals surface area contributed by atoms with Crippen LogP contribution in [0.5, 0.6) is 0 Å². The Morgan fingerprint density at radius 1 is 1.25 bits per heavy atom. The van der Waals surface area contributed by atoms with Crippen molar-refractivity contribution in [3.05, 3.63) is 0 Å². The first kappa shape index (κ1) is 16.2. The van der Waals surface area contributed by atoms with E-state index in [1.165, 1.54) is 12.8 Å². The normalized spacial score (nSPS) is 6.75. The molecule has 0 aromatic heterocycles. The van der Waals surface area contributed by atoms with Crippen LogP contribution in [0.15, 0.2) is 0 Å². The number of hydrogen-bond donors (Lipinski definition) is 0. The van der Waals surface area contributed by atoms with Crippen molar-refractivity contribution in [3.8, 4) is 0 Å². The summed E-state index contributed by atoms with van der Waals surface area (Å²) < 4.78 is 1.58. The van der Waals surface area contributed by atoms with Gasteiger partial charge in [-0.25, -0.2) is 0 Å². The predicted molar refractivity (Wildman–Crippen MR) is 45.8 cm³/mol. The summed E-state index contributed by atoms with van der Waals surface area (Å²) in [4.78, 5) is 2.40. The van der Waals surface area contributed by atoms with E-state index in [4.69, 9.17) is 0 Å². The minimum atomic E-state index is 0. The van der Waals surface area contributed by atoms with Crippen LogP contribution in [0.4, 0.5) is 0 Å². The summed E-state index contributed by atoms with van der Waals surface area (Å²) in [6, 6.07) is 0. The van der Waals surface area contributed by atoms with Gasteiger partial charge in [-0.3, -0.25) is 0 Å². The summed E-state index contributed by atoms with van der Waals surface area (Å²) in [5.41, 5.74) is 0. The fourth-order valence-corrected chi connectivity index (χ4v) is 2.37. The standard InChI is InChI=1S/C4H9.CH3.2ClH.Sn/c1-3-4-2;;;;/h1,3-4H2,2H3;1H3;2*1H;. The molecule has 2 radical (unpaired) electrons. The molecule has 0 unspecified atom stereocenters. The van der Waals surface area contributed by atoms with Crippen LogP contribution >= 0.6 is 24.8 Å². The van der Waals surface area contributed by atoms with Crippen molar-refractivity contribution in [2.45, 2.75) is 29.1 Å². The van der Waals surface area contributed by atoms with Crippen LogP contribution in [0.2, 0.25) is 9.38 Å². The van der Waals surface area contributed by atoms with Crippen LogP contribution in [-0.2, 0) is 0 Å². The Morgan fingerprint density at radius 3 is 1.88 bits per heavy atom. The molecule has 0 saturated heterocycles. The molecule has 0 aromatic carbocycles. The van der Waals surface area contributed by atoms with E-state index in [0.717, 1.165) is 0 Å². The van der Waals surface area contributed by atoms with Crippen LogP contribution in [0, 0.1) is 0 Å². The maximum atomic E-state index is 2.40. The third-order valence-corrected chi connectivity index (χ3v) is 3.22. The van der Waals surface area contributed by atoms with Gasteiger partial charge in [0.05, 0.1) is 0 Å². The molecule has 0 atom stereocenters. The topological polar surface area (TPSA) is 0 Å². The van der Waals surface area contributed by atoms with Crippen LogP contribution in [0.25, 0.3) is 0 Å². The molecule has 52 valence electrons. The molecule has 0 nitrogen and oxygen atoms in total. The van der Waals surface area contributed by atoms with Gasteiger partial charge in [0.25, 0.3) is 0 Å². The van der Waals surface area contributed by atoms with E-state index in [1.807, 2.05) is 0 Å². The zero-order valence-corrected chi connectivity index (χ0v) is 9.92. The number of unbranched alkanes of at least 4 members (excludes halogenated alkanes) is 1. The van der Waals surface area contributed by atoms with Crippen LogP contribution in [0.1, 0.15) is 19.8 Å². The smallest absolute Gasteiger partial charge is 0.147 e. The molecule has 0 saturated carbocycles. The third kappa shape index (κ3) is 15.7. The van der Waals surface area contributed by atoms with Crippen LogP contribution < -0.4 is 0 Å². The third-order valence-electron chi connectivity index (χ3n) is 0.780. The number of halogens is 2. The second-order valence-electron chi connectivity index (χ2n) is 1.46. The Morgan fingerprint density at radius 2 is 1.75 bits per heavy atom. The van der Waals surface area contributed by atoms with E-state index >= 15 is 0 Å². The molecule has 0 aromatic rings. The summed E-state index contributed by atoms with van der Waals surface area (Å²) in [5, 5.41) is 0. The summed E-state index contributed by atoms with van der Waals surface area (Å²) >= 11 is 0.190. The molecule has 0 bridgehead atoms. The van der Waals surface area contributed by atoms with Crippen LogP contribution in [0.3, 0.4) is 0 Å². The molecular weight excluding hydrogens is 250 g/mol. The largest absolute Gasteiger partial charge is 0.147 e. The fourth-order valence-electron chi connectivity index (χ4n) is 0.354. The average molecular weight is 264 g/mol. The zero-order chi connectivity index (χ0) is 4.83. The number of hydrogen-bond acceptors (Lipinski definition) is 0. The van der Waals surface area contributed by atoms with Gasteiger partial charge in [0.1, 0.15) is 0 Å². The Labute approximate surface area is 74.9 Å². The van der Waals surface area contributed by atoms with Gasteiger partial charge in [0.15, 0.2) is 0 Å². The first-order valence-electron chi connectivity index (χ1n) is 2.56. The quantitative estimate of drug-likeness (QED) is 0.543. The summed E-state index contributed by atoms with van der Waals surface area (Å²) in [7, 11) is 0. The molecule has 0 aliphatic carbocycles. The molecule has 0 N–H and O–H groups in total. The van der Waals surface area contributed by atoms with Crippen molar-refractivity contribution in [1.82, 2.24) is 0 Å². The van der Waals surface area contributed by atoms with Crippen molar-refractivity contribution in [3.63, 3.8) is 0 Å². The van der Waals surface area contributed by atoms with Gasteiger partial charge in [0.2, 0.25) is 0 Å². The Balaban J connectivity index is -0.000000125. The van der Waals surface area contributed by atoms with Gasteiger partial charge >= 0.3 is 50.3 Å². The first-order valence-corrected chi connectivity index (χ1v) is 7.43. The molecule has 0 rings (SSSR count). The maximum absolute atomic E-state index is 2.40.